The van der Waals surface area contributed by atoms with Crippen LogP contribution in [0.4, 0.5) is 0 Å². The minimum absolute atomic E-state index is 0.205. The summed E-state index contributed by atoms with van der Waals surface area (Å²) in [6.45, 7) is 3.75. The molecule has 0 heterocycles. The van der Waals surface area contributed by atoms with E-state index in [1.54, 1.807) is 12.1 Å². The van der Waals surface area contributed by atoms with Crippen LogP contribution >= 0.6 is 15.9 Å². The maximum absolute atomic E-state index is 11.7. The average molecular weight is 403 g/mol. The van der Waals surface area contributed by atoms with Gasteiger partial charge in [-0.3, -0.25) is 20.4 Å². The van der Waals surface area contributed by atoms with E-state index in [1.165, 1.54) is 6.08 Å². The van der Waals surface area contributed by atoms with Crippen molar-refractivity contribution in [3.63, 3.8) is 0 Å². The van der Waals surface area contributed by atoms with E-state index < -0.39 is 11.8 Å². The van der Waals surface area contributed by atoms with Gasteiger partial charge in [0.2, 0.25) is 0 Å². The Bertz CT molecular complexity index is 786. The lowest BCUT2D eigenvalue weighted by molar-refractivity contribution is -0.128. The second-order valence-electron chi connectivity index (χ2n) is 5.50. The maximum Gasteiger partial charge on any atom is 0.276 e. The van der Waals surface area contributed by atoms with Gasteiger partial charge in [0.05, 0.1) is 4.47 Å². The fourth-order valence-corrected chi connectivity index (χ4v) is 2.53. The van der Waals surface area contributed by atoms with Gasteiger partial charge in [0.15, 0.2) is 6.61 Å². The Morgan fingerprint density at radius 1 is 1.04 bits per heavy atom. The first kappa shape index (κ1) is 18.7. The number of carbonyl (C=O) groups excluding carboxylic acids is 2. The largest absolute Gasteiger partial charge is 0.483 e. The molecule has 0 atom stereocenters. The van der Waals surface area contributed by atoms with Gasteiger partial charge in [-0.2, -0.15) is 0 Å². The summed E-state index contributed by atoms with van der Waals surface area (Å²) in [5.74, 6) is -0.318. The van der Waals surface area contributed by atoms with Crippen molar-refractivity contribution < 1.29 is 14.3 Å². The van der Waals surface area contributed by atoms with E-state index in [0.29, 0.717) is 5.75 Å². The minimum atomic E-state index is -0.454. The van der Waals surface area contributed by atoms with Crippen molar-refractivity contribution in [1.29, 1.82) is 0 Å². The molecule has 0 aliphatic rings. The van der Waals surface area contributed by atoms with E-state index in [0.717, 1.165) is 21.2 Å². The molecule has 0 spiro atoms. The van der Waals surface area contributed by atoms with Crippen molar-refractivity contribution in [3.05, 3.63) is 69.7 Å². The molecule has 5 nitrogen and oxygen atoms in total. The zero-order chi connectivity index (χ0) is 18.2. The Labute approximate surface area is 155 Å². The molecule has 0 aliphatic heterocycles. The van der Waals surface area contributed by atoms with Crippen LogP contribution in [0, 0.1) is 13.8 Å². The molecule has 0 bridgehead atoms. The predicted molar refractivity (Wildman–Crippen MR) is 101 cm³/mol. The monoisotopic (exact) mass is 402 g/mol. The molecule has 0 aromatic heterocycles. The summed E-state index contributed by atoms with van der Waals surface area (Å²) in [6.07, 6.45) is 3.02. The summed E-state index contributed by atoms with van der Waals surface area (Å²) >= 11 is 3.37. The van der Waals surface area contributed by atoms with Gasteiger partial charge in [0, 0.05) is 6.08 Å². The van der Waals surface area contributed by atoms with Gasteiger partial charge in [-0.1, -0.05) is 35.9 Å². The van der Waals surface area contributed by atoms with Crippen LogP contribution in [0.2, 0.25) is 0 Å². The number of hydrogen-bond acceptors (Lipinski definition) is 3. The molecule has 2 aromatic rings. The van der Waals surface area contributed by atoms with Crippen molar-refractivity contribution in [3.8, 4) is 5.75 Å². The summed E-state index contributed by atoms with van der Waals surface area (Å²) in [6, 6.07) is 13.3. The highest BCUT2D eigenvalue weighted by Gasteiger charge is 2.06. The highest BCUT2D eigenvalue weighted by atomic mass is 79.9. The molecule has 2 aromatic carbocycles. The number of ether oxygens (including phenoxy) is 1. The topological polar surface area (TPSA) is 67.4 Å². The quantitative estimate of drug-likeness (QED) is 0.595. The lowest BCUT2D eigenvalue weighted by Gasteiger charge is -2.09. The lowest BCUT2D eigenvalue weighted by Crippen LogP contribution is -2.43. The first-order valence-electron chi connectivity index (χ1n) is 7.66. The molecular formula is C19H19BrN2O3. The van der Waals surface area contributed by atoms with Gasteiger partial charge in [-0.15, -0.1) is 0 Å². The lowest BCUT2D eigenvalue weighted by atomic mass is 10.1. The highest BCUT2D eigenvalue weighted by molar-refractivity contribution is 9.10. The summed E-state index contributed by atoms with van der Waals surface area (Å²) in [4.78, 5) is 23.4. The summed E-state index contributed by atoms with van der Waals surface area (Å²) in [5.41, 5.74) is 7.74. The van der Waals surface area contributed by atoms with Crippen LogP contribution in [0.15, 0.2) is 53.0 Å². The first-order chi connectivity index (χ1) is 11.9. The van der Waals surface area contributed by atoms with Crippen LogP contribution in [-0.4, -0.2) is 18.4 Å². The summed E-state index contributed by atoms with van der Waals surface area (Å²) in [7, 11) is 0. The molecule has 130 valence electrons. The number of benzene rings is 2. The Kier molecular flexibility index (Phi) is 6.77. The first-order valence-corrected chi connectivity index (χ1v) is 8.46. The molecule has 0 saturated carbocycles. The summed E-state index contributed by atoms with van der Waals surface area (Å²) < 4.78 is 6.17. The number of nitrogens with one attached hydrogen (secondary N) is 2. The molecule has 0 fully saturated rings. The molecule has 0 unspecified atom stereocenters. The molecule has 2 rings (SSSR count). The standard InChI is InChI=1S/C19H19BrN2O3/c1-13-3-6-15(7-4-13)8-10-18(23)21-22-19(24)12-25-17-9-5-14(2)11-16(17)20/h3-11H,12H2,1-2H3,(H,21,23)(H,22,24)/b10-8+. The third-order valence-corrected chi connectivity index (χ3v) is 3.90. The van der Waals surface area contributed by atoms with Gasteiger partial charge in [-0.25, -0.2) is 0 Å². The third kappa shape index (κ3) is 6.43. The van der Waals surface area contributed by atoms with Crippen LogP contribution in [0.5, 0.6) is 5.75 Å². The van der Waals surface area contributed by atoms with Crippen molar-refractivity contribution in [2.45, 2.75) is 13.8 Å². The smallest absolute Gasteiger partial charge is 0.276 e. The van der Waals surface area contributed by atoms with Crippen molar-refractivity contribution in [2.75, 3.05) is 6.61 Å². The predicted octanol–water partition coefficient (Wildman–Crippen LogP) is 3.31. The highest BCUT2D eigenvalue weighted by Crippen LogP contribution is 2.25. The molecule has 0 saturated heterocycles. The fourth-order valence-electron chi connectivity index (χ4n) is 1.92. The Hall–Kier alpha value is -2.60. The van der Waals surface area contributed by atoms with E-state index in [1.807, 2.05) is 50.2 Å². The number of amides is 2. The van der Waals surface area contributed by atoms with Gasteiger partial charge in [0.25, 0.3) is 11.8 Å². The van der Waals surface area contributed by atoms with Gasteiger partial charge in [-0.05, 0) is 59.1 Å². The molecule has 0 aliphatic carbocycles. The van der Waals surface area contributed by atoms with Crippen LogP contribution in [0.1, 0.15) is 16.7 Å². The van der Waals surface area contributed by atoms with Gasteiger partial charge < -0.3 is 4.74 Å². The number of rotatable bonds is 5. The van der Waals surface area contributed by atoms with Crippen LogP contribution in [0.3, 0.4) is 0 Å². The second kappa shape index (κ2) is 9.03. The maximum atomic E-state index is 11.7. The normalized spacial score (nSPS) is 10.5. The average Bonchev–Trinajstić information content (AvgIpc) is 2.58. The third-order valence-electron chi connectivity index (χ3n) is 3.28. The molecule has 25 heavy (non-hydrogen) atoms. The zero-order valence-electron chi connectivity index (χ0n) is 14.0. The van der Waals surface area contributed by atoms with E-state index in [-0.39, 0.29) is 6.61 Å². The van der Waals surface area contributed by atoms with Gasteiger partial charge >= 0.3 is 0 Å². The number of aryl methyl sites for hydroxylation is 2. The van der Waals surface area contributed by atoms with E-state index in [2.05, 4.69) is 26.8 Å². The molecular weight excluding hydrogens is 384 g/mol. The van der Waals surface area contributed by atoms with E-state index in [4.69, 9.17) is 4.74 Å². The molecule has 6 heteroatoms. The van der Waals surface area contributed by atoms with Crippen LogP contribution in [-0.2, 0) is 9.59 Å². The number of hydrogen-bond donors (Lipinski definition) is 2. The van der Waals surface area contributed by atoms with Crippen LogP contribution < -0.4 is 15.6 Å². The van der Waals surface area contributed by atoms with Crippen molar-refractivity contribution in [2.24, 2.45) is 0 Å². The zero-order valence-corrected chi connectivity index (χ0v) is 15.6. The SMILES string of the molecule is Cc1ccc(/C=C/C(=O)NNC(=O)COc2ccc(C)cc2Br)cc1. The van der Waals surface area contributed by atoms with Crippen LogP contribution in [0.25, 0.3) is 6.08 Å². The Morgan fingerprint density at radius 2 is 1.72 bits per heavy atom. The van der Waals surface area contributed by atoms with Gasteiger partial charge in [0.1, 0.15) is 5.75 Å². The molecule has 2 N–H and O–H groups in total. The second-order valence-corrected chi connectivity index (χ2v) is 6.36. The van der Waals surface area contributed by atoms with Crippen molar-refractivity contribution in [1.82, 2.24) is 10.9 Å². The number of halogens is 1. The summed E-state index contributed by atoms with van der Waals surface area (Å²) in [5, 5.41) is 0. The Morgan fingerprint density at radius 3 is 2.40 bits per heavy atom. The Balaban J connectivity index is 1.75. The minimum Gasteiger partial charge on any atom is -0.483 e. The molecule has 2 amide bonds. The number of carbonyl (C=O) groups is 2. The van der Waals surface area contributed by atoms with E-state index in [9.17, 15) is 9.59 Å². The van der Waals surface area contributed by atoms with E-state index >= 15 is 0 Å². The van der Waals surface area contributed by atoms with Crippen molar-refractivity contribution >= 4 is 33.8 Å². The molecule has 0 radical (unpaired) electrons. The fraction of sp³-hybridized carbons (Fsp3) is 0.158. The number of hydrazine groups is 1.